The fourth-order valence-corrected chi connectivity index (χ4v) is 3.21. The molecule has 0 radical (unpaired) electrons. The highest BCUT2D eigenvalue weighted by Gasteiger charge is 1.98. The number of hydrogen-bond acceptors (Lipinski definition) is 8. The van der Waals surface area contributed by atoms with E-state index in [1.165, 1.54) is 0 Å². The highest BCUT2D eigenvalue weighted by Crippen LogP contribution is 2.17. The van der Waals surface area contributed by atoms with Gasteiger partial charge in [0.25, 0.3) is 0 Å². The van der Waals surface area contributed by atoms with E-state index in [9.17, 15) is 0 Å². The van der Waals surface area contributed by atoms with Crippen LogP contribution < -0.4 is 41.9 Å². The van der Waals surface area contributed by atoms with Crippen molar-refractivity contribution in [1.29, 1.82) is 0 Å². The van der Waals surface area contributed by atoms with E-state index < -0.39 is 0 Å². The monoisotopic (exact) mass is 516 g/mol. The van der Waals surface area contributed by atoms with Gasteiger partial charge in [-0.2, -0.15) is 0 Å². The van der Waals surface area contributed by atoms with E-state index in [-0.39, 0.29) is 0 Å². The number of ether oxygens (including phenoxy) is 4. The van der Waals surface area contributed by atoms with Gasteiger partial charge in [-0.15, -0.1) is 0 Å². The van der Waals surface area contributed by atoms with Gasteiger partial charge in [-0.1, -0.05) is 12.1 Å². The Morgan fingerprint density at radius 3 is 1.05 bits per heavy atom. The van der Waals surface area contributed by atoms with Gasteiger partial charge in [-0.25, -0.2) is 0 Å². The fraction of sp³-hybridized carbons (Fsp3) is 0.200. The second-order valence-electron chi connectivity index (χ2n) is 8.38. The minimum absolute atomic E-state index is 0.589. The van der Waals surface area contributed by atoms with Gasteiger partial charge in [0.2, 0.25) is 0 Å². The van der Waals surface area contributed by atoms with Crippen LogP contribution in [-0.2, 0) is 0 Å². The van der Waals surface area contributed by atoms with E-state index >= 15 is 0 Å². The van der Waals surface area contributed by atoms with Gasteiger partial charge >= 0.3 is 0 Å². The lowest BCUT2D eigenvalue weighted by molar-refractivity contribution is 0.247. The van der Waals surface area contributed by atoms with Crippen molar-refractivity contribution in [2.45, 2.75) is 12.8 Å². The van der Waals surface area contributed by atoms with Crippen molar-refractivity contribution in [2.75, 3.05) is 49.4 Å². The second-order valence-corrected chi connectivity index (χ2v) is 8.38. The molecule has 8 heteroatoms. The maximum absolute atomic E-state index is 5.66. The fourth-order valence-electron chi connectivity index (χ4n) is 3.21. The Hall–Kier alpha value is -4.72. The van der Waals surface area contributed by atoms with Gasteiger partial charge < -0.3 is 41.9 Å². The molecular weight excluding hydrogens is 480 g/mol. The lowest BCUT2D eigenvalue weighted by Gasteiger charge is -2.08. The minimum Gasteiger partial charge on any atom is -0.493 e. The van der Waals surface area contributed by atoms with E-state index in [1.54, 1.807) is 12.1 Å². The Morgan fingerprint density at radius 2 is 0.711 bits per heavy atom. The molecule has 0 aliphatic rings. The summed E-state index contributed by atoms with van der Waals surface area (Å²) in [7, 11) is 0. The molecule has 0 atom stereocenters. The highest BCUT2D eigenvalue weighted by molar-refractivity contribution is 5.44. The third-order valence-electron chi connectivity index (χ3n) is 5.13. The van der Waals surface area contributed by atoms with Gasteiger partial charge in [0, 0.05) is 47.7 Å². The van der Waals surface area contributed by atoms with E-state index in [0.717, 1.165) is 47.2 Å². The van der Waals surface area contributed by atoms with Crippen molar-refractivity contribution >= 4 is 22.7 Å². The Bertz CT molecular complexity index is 1120. The molecule has 0 unspecified atom stereocenters. The van der Waals surface area contributed by atoms with Crippen LogP contribution in [0.1, 0.15) is 12.8 Å². The Balaban J connectivity index is 0.000000211. The predicted molar refractivity (Wildman–Crippen MR) is 155 cm³/mol. The first kappa shape index (κ1) is 27.9. The molecule has 4 rings (SSSR count). The van der Waals surface area contributed by atoms with Crippen molar-refractivity contribution in [3.8, 4) is 23.0 Å². The van der Waals surface area contributed by atoms with Gasteiger partial charge in [0.05, 0.1) is 26.4 Å². The number of rotatable bonds is 12. The van der Waals surface area contributed by atoms with E-state index in [1.807, 2.05) is 84.9 Å². The molecule has 0 saturated carbocycles. The molecular formula is C30H36N4O4. The molecule has 38 heavy (non-hydrogen) atoms. The maximum atomic E-state index is 5.66. The summed E-state index contributed by atoms with van der Waals surface area (Å²) in [4.78, 5) is 0. The number of anilines is 4. The van der Waals surface area contributed by atoms with Crippen LogP contribution in [0.25, 0.3) is 0 Å². The number of hydrogen-bond donors (Lipinski definition) is 4. The molecule has 0 aliphatic carbocycles. The van der Waals surface area contributed by atoms with E-state index in [2.05, 4.69) is 0 Å². The molecule has 4 aromatic carbocycles. The largest absolute Gasteiger partial charge is 0.493 e. The summed E-state index contributed by atoms with van der Waals surface area (Å²) in [5, 5.41) is 0. The quantitative estimate of drug-likeness (QED) is 0.145. The summed E-state index contributed by atoms with van der Waals surface area (Å²) in [6.07, 6.45) is 1.61. The van der Waals surface area contributed by atoms with Gasteiger partial charge in [-0.3, -0.25) is 0 Å². The lowest BCUT2D eigenvalue weighted by Crippen LogP contribution is -2.05. The third kappa shape index (κ3) is 10.9. The van der Waals surface area contributed by atoms with Crippen molar-refractivity contribution in [1.82, 2.24) is 0 Å². The molecule has 0 saturated heterocycles. The average molecular weight is 517 g/mol. The maximum Gasteiger partial charge on any atom is 0.121 e. The summed E-state index contributed by atoms with van der Waals surface area (Å²) in [6, 6.07) is 29.5. The Kier molecular flexibility index (Phi) is 11.3. The summed E-state index contributed by atoms with van der Waals surface area (Å²) in [6.45, 7) is 2.40. The highest BCUT2D eigenvalue weighted by atomic mass is 16.5. The average Bonchev–Trinajstić information content (AvgIpc) is 2.91. The first-order valence-corrected chi connectivity index (χ1v) is 12.4. The topological polar surface area (TPSA) is 141 Å². The van der Waals surface area contributed by atoms with E-state index in [0.29, 0.717) is 37.8 Å². The zero-order valence-electron chi connectivity index (χ0n) is 21.4. The van der Waals surface area contributed by atoms with Crippen molar-refractivity contribution in [2.24, 2.45) is 0 Å². The Labute approximate surface area is 224 Å². The molecule has 0 aliphatic heterocycles. The zero-order chi connectivity index (χ0) is 27.0. The van der Waals surface area contributed by atoms with Gasteiger partial charge in [-0.05, 0) is 72.8 Å². The third-order valence-corrected chi connectivity index (χ3v) is 5.13. The SMILES string of the molecule is Nc1ccc(OCCCOc2ccc(N)cc2)cc1.Nc1cccc(OCCCOc2cccc(N)c2)c1. The number of nitrogen functional groups attached to an aromatic ring is 4. The summed E-state index contributed by atoms with van der Waals surface area (Å²) < 4.78 is 22.3. The van der Waals surface area contributed by atoms with Gasteiger partial charge in [0.15, 0.2) is 0 Å². The molecule has 0 heterocycles. The second kappa shape index (κ2) is 15.4. The Morgan fingerprint density at radius 1 is 0.368 bits per heavy atom. The molecule has 4 aromatic rings. The first-order valence-electron chi connectivity index (χ1n) is 12.4. The van der Waals surface area contributed by atoms with Crippen molar-refractivity contribution in [3.05, 3.63) is 97.1 Å². The minimum atomic E-state index is 0.589. The number of benzene rings is 4. The summed E-state index contributed by atoms with van der Waals surface area (Å²) >= 11 is 0. The standard InChI is InChI=1S/2C15H18N2O2/c16-12-2-6-14(7-3-12)18-10-1-11-19-15-8-4-13(17)5-9-15;16-12-4-1-6-14(10-12)18-8-3-9-19-15-7-2-5-13(17)11-15/h2-9H,1,10-11,16-17H2;1-2,4-7,10-11H,3,8-9,16-17H2. The lowest BCUT2D eigenvalue weighted by atomic mass is 10.3. The smallest absolute Gasteiger partial charge is 0.121 e. The van der Waals surface area contributed by atoms with Crippen LogP contribution in [0.3, 0.4) is 0 Å². The van der Waals surface area contributed by atoms with Crippen LogP contribution in [0.4, 0.5) is 22.7 Å². The first-order chi connectivity index (χ1) is 18.5. The molecule has 0 aromatic heterocycles. The molecule has 0 amide bonds. The molecule has 0 fully saturated rings. The van der Waals surface area contributed by atoms with Crippen LogP contribution >= 0.6 is 0 Å². The molecule has 8 N–H and O–H groups in total. The predicted octanol–water partition coefficient (Wildman–Crippen LogP) is 5.40. The van der Waals surface area contributed by atoms with Crippen LogP contribution in [0.15, 0.2) is 97.1 Å². The van der Waals surface area contributed by atoms with Gasteiger partial charge in [0.1, 0.15) is 23.0 Å². The van der Waals surface area contributed by atoms with Crippen molar-refractivity contribution in [3.63, 3.8) is 0 Å². The van der Waals surface area contributed by atoms with E-state index in [4.69, 9.17) is 41.9 Å². The zero-order valence-corrected chi connectivity index (χ0v) is 21.4. The van der Waals surface area contributed by atoms with Crippen LogP contribution in [0.2, 0.25) is 0 Å². The van der Waals surface area contributed by atoms with Crippen LogP contribution in [0.5, 0.6) is 23.0 Å². The van der Waals surface area contributed by atoms with Crippen LogP contribution in [0, 0.1) is 0 Å². The molecule has 0 bridgehead atoms. The molecule has 8 nitrogen and oxygen atoms in total. The number of nitrogens with two attached hydrogens (primary N) is 4. The molecule has 0 spiro atoms. The summed E-state index contributed by atoms with van der Waals surface area (Å²) in [5.74, 6) is 3.20. The summed E-state index contributed by atoms with van der Waals surface area (Å²) in [5.41, 5.74) is 25.4. The van der Waals surface area contributed by atoms with Crippen molar-refractivity contribution < 1.29 is 18.9 Å². The van der Waals surface area contributed by atoms with Crippen LogP contribution in [-0.4, -0.2) is 26.4 Å². The molecule has 200 valence electrons. The normalized spacial score (nSPS) is 10.1.